The molecular formula is C16H13ClN2O. The van der Waals surface area contributed by atoms with Crippen molar-refractivity contribution in [2.24, 2.45) is 0 Å². The maximum absolute atomic E-state index is 6.10. The highest BCUT2D eigenvalue weighted by molar-refractivity contribution is 6.29. The lowest BCUT2D eigenvalue weighted by atomic mass is 10.2. The smallest absolute Gasteiger partial charge is 0.153 e. The van der Waals surface area contributed by atoms with Crippen LogP contribution in [0.5, 0.6) is 0 Å². The van der Waals surface area contributed by atoms with Gasteiger partial charge in [0.05, 0.1) is 0 Å². The number of aromatic nitrogens is 2. The third kappa shape index (κ3) is 2.08. The highest BCUT2D eigenvalue weighted by atomic mass is 35.5. The minimum absolute atomic E-state index is 0.471. The van der Waals surface area contributed by atoms with Crippen molar-refractivity contribution in [2.75, 3.05) is 0 Å². The highest BCUT2D eigenvalue weighted by Crippen LogP contribution is 2.39. The van der Waals surface area contributed by atoms with Gasteiger partial charge in [-0.3, -0.25) is 0 Å². The fourth-order valence-corrected chi connectivity index (χ4v) is 2.56. The van der Waals surface area contributed by atoms with E-state index in [2.05, 4.69) is 23.0 Å². The summed E-state index contributed by atoms with van der Waals surface area (Å²) in [7, 11) is 0. The molecule has 1 aliphatic carbocycles. The second-order valence-electron chi connectivity index (χ2n) is 5.36. The Morgan fingerprint density at radius 3 is 2.80 bits per heavy atom. The number of nitrogens with zero attached hydrogens (tertiary/aromatic N) is 2. The Morgan fingerprint density at radius 2 is 2.00 bits per heavy atom. The van der Waals surface area contributed by atoms with Gasteiger partial charge in [-0.05, 0) is 38.0 Å². The van der Waals surface area contributed by atoms with E-state index in [1.807, 2.05) is 18.2 Å². The van der Waals surface area contributed by atoms with Gasteiger partial charge in [-0.15, -0.1) is 0 Å². The van der Waals surface area contributed by atoms with Crippen molar-refractivity contribution in [1.82, 2.24) is 9.97 Å². The lowest BCUT2D eigenvalue weighted by Gasteiger charge is -2.01. The van der Waals surface area contributed by atoms with Crippen molar-refractivity contribution in [3.8, 4) is 11.5 Å². The van der Waals surface area contributed by atoms with Crippen molar-refractivity contribution in [3.05, 3.63) is 46.9 Å². The van der Waals surface area contributed by atoms with Crippen LogP contribution in [0.2, 0.25) is 5.15 Å². The molecule has 0 N–H and O–H groups in total. The zero-order valence-electron chi connectivity index (χ0n) is 11.1. The number of hydrogen-bond acceptors (Lipinski definition) is 3. The number of hydrogen-bond donors (Lipinski definition) is 0. The summed E-state index contributed by atoms with van der Waals surface area (Å²) in [6.45, 7) is 2.07. The van der Waals surface area contributed by atoms with Crippen LogP contribution in [0.4, 0.5) is 0 Å². The van der Waals surface area contributed by atoms with Gasteiger partial charge < -0.3 is 4.42 Å². The van der Waals surface area contributed by atoms with E-state index < -0.39 is 0 Å². The zero-order chi connectivity index (χ0) is 13.7. The Kier molecular flexibility index (Phi) is 2.57. The Balaban J connectivity index is 1.85. The molecule has 1 aromatic carbocycles. The molecule has 100 valence electrons. The quantitative estimate of drug-likeness (QED) is 0.639. The van der Waals surface area contributed by atoms with E-state index in [1.165, 1.54) is 5.56 Å². The molecule has 1 fully saturated rings. The summed E-state index contributed by atoms with van der Waals surface area (Å²) in [6.07, 6.45) is 2.30. The fourth-order valence-electron chi connectivity index (χ4n) is 2.37. The minimum Gasteiger partial charge on any atom is -0.454 e. The summed E-state index contributed by atoms with van der Waals surface area (Å²) < 4.78 is 5.87. The summed E-state index contributed by atoms with van der Waals surface area (Å²) in [5, 5.41) is 1.57. The minimum atomic E-state index is 0.471. The molecule has 0 spiro atoms. The molecule has 1 aliphatic rings. The van der Waals surface area contributed by atoms with Gasteiger partial charge in [-0.2, -0.15) is 0 Å². The zero-order valence-corrected chi connectivity index (χ0v) is 11.8. The Bertz CT molecular complexity index is 805. The van der Waals surface area contributed by atoms with E-state index in [1.54, 1.807) is 6.07 Å². The molecule has 2 heterocycles. The van der Waals surface area contributed by atoms with E-state index in [-0.39, 0.29) is 0 Å². The maximum Gasteiger partial charge on any atom is 0.153 e. The molecule has 4 heteroatoms. The van der Waals surface area contributed by atoms with Crippen LogP contribution in [-0.2, 0) is 0 Å². The van der Waals surface area contributed by atoms with E-state index in [4.69, 9.17) is 16.0 Å². The van der Waals surface area contributed by atoms with Gasteiger partial charge in [-0.1, -0.05) is 23.2 Å². The number of aryl methyl sites for hydroxylation is 1. The first kappa shape index (κ1) is 11.9. The van der Waals surface area contributed by atoms with Gasteiger partial charge in [0.25, 0.3) is 0 Å². The predicted octanol–water partition coefficient (Wildman–Crippen LogP) is 4.73. The van der Waals surface area contributed by atoms with Crippen LogP contribution in [0.15, 0.2) is 34.7 Å². The molecule has 0 amide bonds. The van der Waals surface area contributed by atoms with Crippen molar-refractivity contribution in [2.45, 2.75) is 25.7 Å². The SMILES string of the molecule is Cc1ccc2oc(-c3cc(Cl)nc(C4CC4)n3)cc2c1. The van der Waals surface area contributed by atoms with Crippen LogP contribution >= 0.6 is 11.6 Å². The van der Waals surface area contributed by atoms with Gasteiger partial charge >= 0.3 is 0 Å². The summed E-state index contributed by atoms with van der Waals surface area (Å²) >= 11 is 6.10. The van der Waals surface area contributed by atoms with Crippen molar-refractivity contribution in [3.63, 3.8) is 0 Å². The number of rotatable bonds is 2. The Labute approximate surface area is 121 Å². The average molecular weight is 285 g/mol. The van der Waals surface area contributed by atoms with Crippen molar-refractivity contribution in [1.29, 1.82) is 0 Å². The predicted molar refractivity (Wildman–Crippen MR) is 79.0 cm³/mol. The van der Waals surface area contributed by atoms with Crippen LogP contribution < -0.4 is 0 Å². The lowest BCUT2D eigenvalue weighted by Crippen LogP contribution is -1.94. The fraction of sp³-hybridized carbons (Fsp3) is 0.250. The Hall–Kier alpha value is -1.87. The van der Waals surface area contributed by atoms with Gasteiger partial charge in [0.15, 0.2) is 5.76 Å². The van der Waals surface area contributed by atoms with Gasteiger partial charge in [-0.25, -0.2) is 9.97 Å². The molecule has 3 nitrogen and oxygen atoms in total. The van der Waals surface area contributed by atoms with E-state index in [0.717, 1.165) is 41.1 Å². The monoisotopic (exact) mass is 284 g/mol. The molecule has 2 aromatic heterocycles. The average Bonchev–Trinajstić information content (AvgIpc) is 3.18. The molecule has 0 saturated heterocycles. The summed E-state index contributed by atoms with van der Waals surface area (Å²) in [5.74, 6) is 2.06. The normalized spacial score (nSPS) is 14.9. The summed E-state index contributed by atoms with van der Waals surface area (Å²) in [5.41, 5.74) is 2.85. The van der Waals surface area contributed by atoms with Gasteiger partial charge in [0, 0.05) is 17.4 Å². The van der Waals surface area contributed by atoms with Crippen molar-refractivity contribution >= 4 is 22.6 Å². The second kappa shape index (κ2) is 4.32. The van der Waals surface area contributed by atoms with Gasteiger partial charge in [0.1, 0.15) is 22.3 Å². The molecule has 3 aromatic rings. The third-order valence-electron chi connectivity index (χ3n) is 3.58. The third-order valence-corrected chi connectivity index (χ3v) is 3.77. The molecule has 0 aliphatic heterocycles. The van der Waals surface area contributed by atoms with E-state index >= 15 is 0 Å². The summed E-state index contributed by atoms with van der Waals surface area (Å²) in [6, 6.07) is 9.90. The lowest BCUT2D eigenvalue weighted by molar-refractivity contribution is 0.627. The summed E-state index contributed by atoms with van der Waals surface area (Å²) in [4.78, 5) is 8.90. The molecule has 0 unspecified atom stereocenters. The topological polar surface area (TPSA) is 38.9 Å². The van der Waals surface area contributed by atoms with E-state index in [9.17, 15) is 0 Å². The molecule has 0 radical (unpaired) electrons. The van der Waals surface area contributed by atoms with Crippen LogP contribution in [0, 0.1) is 6.92 Å². The van der Waals surface area contributed by atoms with Crippen LogP contribution in [-0.4, -0.2) is 9.97 Å². The number of benzene rings is 1. The van der Waals surface area contributed by atoms with E-state index in [0.29, 0.717) is 11.1 Å². The second-order valence-corrected chi connectivity index (χ2v) is 5.75. The van der Waals surface area contributed by atoms with Crippen LogP contribution in [0.25, 0.3) is 22.4 Å². The number of furan rings is 1. The van der Waals surface area contributed by atoms with Crippen molar-refractivity contribution < 1.29 is 4.42 Å². The molecule has 1 saturated carbocycles. The molecule has 4 rings (SSSR count). The number of halogens is 1. The largest absolute Gasteiger partial charge is 0.454 e. The number of fused-ring (bicyclic) bond motifs is 1. The van der Waals surface area contributed by atoms with Crippen LogP contribution in [0.3, 0.4) is 0 Å². The standard InChI is InChI=1S/C16H13ClN2O/c1-9-2-5-13-11(6-9)7-14(20-13)12-8-15(17)19-16(18-12)10-3-4-10/h2,5-8,10H,3-4H2,1H3. The van der Waals surface area contributed by atoms with Crippen LogP contribution in [0.1, 0.15) is 30.1 Å². The molecule has 0 atom stereocenters. The molecule has 20 heavy (non-hydrogen) atoms. The molecule has 0 bridgehead atoms. The first-order chi connectivity index (χ1) is 9.69. The first-order valence-corrected chi connectivity index (χ1v) is 7.12. The maximum atomic E-state index is 6.10. The highest BCUT2D eigenvalue weighted by Gasteiger charge is 2.27. The molecular weight excluding hydrogens is 272 g/mol. The first-order valence-electron chi connectivity index (χ1n) is 6.74. The Morgan fingerprint density at radius 1 is 1.15 bits per heavy atom. The van der Waals surface area contributed by atoms with Gasteiger partial charge in [0.2, 0.25) is 0 Å².